The smallest absolute Gasteiger partial charge is 0.239 e. The van der Waals surface area contributed by atoms with Gasteiger partial charge in [0.15, 0.2) is 5.96 Å². The summed E-state index contributed by atoms with van der Waals surface area (Å²) in [5, 5.41) is 9.07. The number of nitrogens with zero attached hydrogens (tertiary/aromatic N) is 1. The number of carbonyl (C=O) groups is 1. The van der Waals surface area contributed by atoms with E-state index in [-0.39, 0.29) is 18.0 Å². The number of aliphatic imine (C=N–C) groups is 1. The van der Waals surface area contributed by atoms with E-state index in [2.05, 4.69) is 20.9 Å². The summed E-state index contributed by atoms with van der Waals surface area (Å²) in [6.07, 6.45) is 0. The Hall–Kier alpha value is -2.24. The van der Waals surface area contributed by atoms with Crippen LogP contribution in [0.5, 0.6) is 5.75 Å². The number of guanidine groups is 1. The fraction of sp³-hybridized carbons (Fsp3) is 0.529. The Morgan fingerprint density at radius 3 is 2.35 bits per heavy atom. The second-order valence-electron chi connectivity index (χ2n) is 6.19. The van der Waals surface area contributed by atoms with Crippen LogP contribution in [0.25, 0.3) is 0 Å². The molecule has 0 radical (unpaired) electrons. The van der Waals surface area contributed by atoms with E-state index in [9.17, 15) is 4.79 Å². The fourth-order valence-corrected chi connectivity index (χ4v) is 1.87. The number of nitrogens with one attached hydrogen (secondary N) is 3. The number of methoxy groups -OCH3 is 1. The number of ether oxygens (including phenoxy) is 1. The van der Waals surface area contributed by atoms with E-state index in [0.717, 1.165) is 17.9 Å². The maximum absolute atomic E-state index is 11.8. The van der Waals surface area contributed by atoms with E-state index >= 15 is 0 Å². The largest absolute Gasteiger partial charge is 0.497 e. The molecule has 0 aliphatic carbocycles. The summed E-state index contributed by atoms with van der Waals surface area (Å²) in [4.78, 5) is 16.3. The molecule has 0 bridgehead atoms. The minimum absolute atomic E-state index is 0.0625. The van der Waals surface area contributed by atoms with E-state index in [0.29, 0.717) is 12.5 Å². The van der Waals surface area contributed by atoms with Crippen LogP contribution in [0, 0.1) is 0 Å². The zero-order valence-corrected chi connectivity index (χ0v) is 14.7. The second kappa shape index (κ2) is 9.02. The Morgan fingerprint density at radius 1 is 1.17 bits per heavy atom. The highest BCUT2D eigenvalue weighted by Crippen LogP contribution is 2.11. The van der Waals surface area contributed by atoms with Crippen molar-refractivity contribution in [3.05, 3.63) is 29.8 Å². The first-order valence-corrected chi connectivity index (χ1v) is 7.80. The molecular weight excluding hydrogens is 292 g/mol. The van der Waals surface area contributed by atoms with Gasteiger partial charge in [0.25, 0.3) is 0 Å². The van der Waals surface area contributed by atoms with Crippen LogP contribution in [0.1, 0.15) is 33.3 Å². The third-order valence-corrected chi connectivity index (χ3v) is 2.85. The van der Waals surface area contributed by atoms with Crippen LogP contribution >= 0.6 is 0 Å². The summed E-state index contributed by atoms with van der Waals surface area (Å²) < 4.78 is 5.13. The molecule has 0 spiro atoms. The Morgan fingerprint density at radius 2 is 1.83 bits per heavy atom. The van der Waals surface area contributed by atoms with Gasteiger partial charge in [-0.05, 0) is 45.4 Å². The minimum atomic E-state index is -0.239. The third-order valence-electron chi connectivity index (χ3n) is 2.85. The van der Waals surface area contributed by atoms with Crippen LogP contribution in [0.2, 0.25) is 0 Å². The van der Waals surface area contributed by atoms with E-state index in [1.54, 1.807) is 7.11 Å². The lowest BCUT2D eigenvalue weighted by Gasteiger charge is -2.21. The van der Waals surface area contributed by atoms with Crippen LogP contribution in [0.3, 0.4) is 0 Å². The molecule has 0 heterocycles. The van der Waals surface area contributed by atoms with Gasteiger partial charge in [0.2, 0.25) is 5.91 Å². The molecule has 0 aliphatic rings. The Balaban J connectivity index is 2.57. The van der Waals surface area contributed by atoms with E-state index < -0.39 is 0 Å². The number of hydrogen-bond donors (Lipinski definition) is 3. The minimum Gasteiger partial charge on any atom is -0.497 e. The Bertz CT molecular complexity index is 518. The van der Waals surface area contributed by atoms with Crippen LogP contribution in [0.4, 0.5) is 0 Å². The van der Waals surface area contributed by atoms with Crippen molar-refractivity contribution in [2.45, 2.75) is 39.8 Å². The number of amides is 1. The molecule has 1 aromatic carbocycles. The van der Waals surface area contributed by atoms with Crippen molar-refractivity contribution in [2.24, 2.45) is 4.99 Å². The first kappa shape index (κ1) is 18.8. The highest BCUT2D eigenvalue weighted by Gasteiger charge is 2.13. The molecule has 128 valence electrons. The SMILES string of the molecule is CCNC(=NCc1ccc(OC)cc1)NCC(=O)NC(C)(C)C. The molecule has 0 fully saturated rings. The van der Waals surface area contributed by atoms with Crippen molar-refractivity contribution in [2.75, 3.05) is 20.2 Å². The third kappa shape index (κ3) is 8.09. The molecule has 0 atom stereocenters. The summed E-state index contributed by atoms with van der Waals surface area (Å²) >= 11 is 0. The molecule has 1 aromatic rings. The van der Waals surface area contributed by atoms with Crippen molar-refractivity contribution in [3.63, 3.8) is 0 Å². The van der Waals surface area contributed by atoms with E-state index in [4.69, 9.17) is 4.74 Å². The maximum atomic E-state index is 11.8. The Kier molecular flexibility index (Phi) is 7.38. The molecule has 6 nitrogen and oxygen atoms in total. The zero-order valence-electron chi connectivity index (χ0n) is 14.7. The summed E-state index contributed by atoms with van der Waals surface area (Å²) in [5.41, 5.74) is 0.833. The van der Waals surface area contributed by atoms with Gasteiger partial charge in [0.05, 0.1) is 20.2 Å². The van der Waals surface area contributed by atoms with Gasteiger partial charge in [-0.2, -0.15) is 0 Å². The van der Waals surface area contributed by atoms with Crippen molar-refractivity contribution >= 4 is 11.9 Å². The van der Waals surface area contributed by atoms with Gasteiger partial charge in [0, 0.05) is 12.1 Å². The molecule has 6 heteroatoms. The quantitative estimate of drug-likeness (QED) is 0.550. The molecular formula is C17H28N4O2. The summed E-state index contributed by atoms with van der Waals surface area (Å²) in [5.74, 6) is 1.38. The van der Waals surface area contributed by atoms with Gasteiger partial charge in [-0.3, -0.25) is 4.79 Å². The van der Waals surface area contributed by atoms with Gasteiger partial charge in [-0.1, -0.05) is 12.1 Å². The van der Waals surface area contributed by atoms with Gasteiger partial charge in [-0.25, -0.2) is 4.99 Å². The lowest BCUT2D eigenvalue weighted by atomic mass is 10.1. The molecule has 1 amide bonds. The van der Waals surface area contributed by atoms with Crippen LogP contribution in [-0.4, -0.2) is 37.6 Å². The number of carbonyl (C=O) groups excluding carboxylic acids is 1. The first-order chi connectivity index (χ1) is 10.8. The highest BCUT2D eigenvalue weighted by atomic mass is 16.5. The molecule has 0 unspecified atom stereocenters. The zero-order chi connectivity index (χ0) is 17.3. The normalized spacial score (nSPS) is 11.8. The molecule has 23 heavy (non-hydrogen) atoms. The van der Waals surface area contributed by atoms with Crippen LogP contribution in [0.15, 0.2) is 29.3 Å². The molecule has 0 aliphatic heterocycles. The fourth-order valence-electron chi connectivity index (χ4n) is 1.87. The van der Waals surface area contributed by atoms with Crippen molar-refractivity contribution in [3.8, 4) is 5.75 Å². The standard InChI is InChI=1S/C17H28N4O2/c1-6-18-16(20-12-15(22)21-17(2,3)4)19-11-13-7-9-14(23-5)10-8-13/h7-10H,6,11-12H2,1-5H3,(H,21,22)(H2,18,19,20). The van der Waals surface area contributed by atoms with Crippen molar-refractivity contribution < 1.29 is 9.53 Å². The number of benzene rings is 1. The maximum Gasteiger partial charge on any atom is 0.239 e. The summed E-state index contributed by atoms with van der Waals surface area (Å²) in [7, 11) is 1.64. The average Bonchev–Trinajstić information content (AvgIpc) is 2.49. The lowest BCUT2D eigenvalue weighted by Crippen LogP contribution is -2.48. The molecule has 0 saturated heterocycles. The number of rotatable bonds is 6. The van der Waals surface area contributed by atoms with Crippen molar-refractivity contribution in [1.29, 1.82) is 0 Å². The first-order valence-electron chi connectivity index (χ1n) is 7.80. The molecule has 0 saturated carbocycles. The monoisotopic (exact) mass is 320 g/mol. The molecule has 0 aromatic heterocycles. The summed E-state index contributed by atoms with van der Waals surface area (Å²) in [6, 6.07) is 7.75. The van der Waals surface area contributed by atoms with Gasteiger partial charge >= 0.3 is 0 Å². The second-order valence-corrected chi connectivity index (χ2v) is 6.19. The van der Waals surface area contributed by atoms with Gasteiger partial charge in [0.1, 0.15) is 5.75 Å². The van der Waals surface area contributed by atoms with Crippen LogP contribution in [-0.2, 0) is 11.3 Å². The van der Waals surface area contributed by atoms with Gasteiger partial charge in [-0.15, -0.1) is 0 Å². The molecule has 3 N–H and O–H groups in total. The predicted molar refractivity (Wildman–Crippen MR) is 93.7 cm³/mol. The van der Waals surface area contributed by atoms with Crippen LogP contribution < -0.4 is 20.7 Å². The highest BCUT2D eigenvalue weighted by molar-refractivity contribution is 5.86. The number of hydrogen-bond acceptors (Lipinski definition) is 3. The van der Waals surface area contributed by atoms with E-state index in [1.165, 1.54) is 0 Å². The van der Waals surface area contributed by atoms with Gasteiger partial charge < -0.3 is 20.7 Å². The predicted octanol–water partition coefficient (Wildman–Crippen LogP) is 1.66. The summed E-state index contributed by atoms with van der Waals surface area (Å²) in [6.45, 7) is 9.29. The van der Waals surface area contributed by atoms with E-state index in [1.807, 2.05) is 52.0 Å². The average molecular weight is 320 g/mol. The molecule has 1 rings (SSSR count). The lowest BCUT2D eigenvalue weighted by molar-refractivity contribution is -0.121. The topological polar surface area (TPSA) is 74.8 Å². The van der Waals surface area contributed by atoms with Crippen molar-refractivity contribution in [1.82, 2.24) is 16.0 Å². The Labute approximate surface area is 138 Å².